The zero-order valence-corrected chi connectivity index (χ0v) is 11.5. The van der Waals surface area contributed by atoms with Gasteiger partial charge in [0, 0.05) is 7.05 Å². The minimum Gasteiger partial charge on any atom is -0.495 e. The Bertz CT molecular complexity index is 692. The number of benzene rings is 1. The molecule has 106 valence electrons. The maximum absolute atomic E-state index is 12.2. The van der Waals surface area contributed by atoms with E-state index in [1.165, 1.54) is 19.5 Å². The summed E-state index contributed by atoms with van der Waals surface area (Å²) in [5.74, 6) is 0.495. The molecular formula is C14H13N5O2. The second-order valence-electron chi connectivity index (χ2n) is 3.99. The summed E-state index contributed by atoms with van der Waals surface area (Å²) in [7, 11) is 3.17. The van der Waals surface area contributed by atoms with Gasteiger partial charge in [-0.05, 0) is 12.1 Å². The number of nitriles is 1. The molecule has 0 saturated heterocycles. The first-order chi connectivity index (χ1) is 10.2. The number of rotatable bonds is 4. The Morgan fingerprint density at radius 1 is 1.33 bits per heavy atom. The fourth-order valence-corrected chi connectivity index (χ4v) is 1.68. The molecule has 0 aliphatic heterocycles. The molecule has 2 aromatic rings. The van der Waals surface area contributed by atoms with Gasteiger partial charge in [-0.1, -0.05) is 6.07 Å². The summed E-state index contributed by atoms with van der Waals surface area (Å²) in [5, 5.41) is 14.5. The van der Waals surface area contributed by atoms with Gasteiger partial charge in [-0.15, -0.1) is 0 Å². The molecule has 0 bridgehead atoms. The smallest absolute Gasteiger partial charge is 0.275 e. The quantitative estimate of drug-likeness (QED) is 0.885. The number of amides is 1. The van der Waals surface area contributed by atoms with Gasteiger partial charge >= 0.3 is 0 Å². The molecule has 0 atom stereocenters. The molecule has 1 aromatic carbocycles. The first kappa shape index (κ1) is 14.3. The van der Waals surface area contributed by atoms with Crippen molar-refractivity contribution in [1.29, 1.82) is 5.26 Å². The lowest BCUT2D eigenvalue weighted by molar-refractivity contribution is 0.102. The monoisotopic (exact) mass is 283 g/mol. The van der Waals surface area contributed by atoms with Crippen molar-refractivity contribution in [1.82, 2.24) is 9.97 Å². The van der Waals surface area contributed by atoms with Crippen LogP contribution in [0.1, 0.15) is 16.1 Å². The van der Waals surface area contributed by atoms with E-state index in [0.717, 1.165) is 0 Å². The molecule has 21 heavy (non-hydrogen) atoms. The second-order valence-corrected chi connectivity index (χ2v) is 3.99. The van der Waals surface area contributed by atoms with Crippen LogP contribution in [-0.2, 0) is 0 Å². The molecule has 7 nitrogen and oxygen atoms in total. The summed E-state index contributed by atoms with van der Waals surface area (Å²) >= 11 is 0. The Labute approximate surface area is 121 Å². The summed E-state index contributed by atoms with van der Waals surface area (Å²) in [5.41, 5.74) is 0.762. The zero-order chi connectivity index (χ0) is 15.2. The zero-order valence-electron chi connectivity index (χ0n) is 11.5. The van der Waals surface area contributed by atoms with Crippen LogP contribution in [0.2, 0.25) is 0 Å². The van der Waals surface area contributed by atoms with Gasteiger partial charge in [0.05, 0.1) is 25.1 Å². The van der Waals surface area contributed by atoms with Crippen molar-refractivity contribution in [3.8, 4) is 11.8 Å². The summed E-state index contributed by atoms with van der Waals surface area (Å²) in [6.45, 7) is 0. The molecular weight excluding hydrogens is 270 g/mol. The van der Waals surface area contributed by atoms with E-state index in [0.29, 0.717) is 22.8 Å². The van der Waals surface area contributed by atoms with E-state index in [1.54, 1.807) is 25.2 Å². The average molecular weight is 283 g/mol. The Kier molecular flexibility index (Phi) is 4.31. The number of carbonyl (C=O) groups excluding carboxylic acids is 1. The summed E-state index contributed by atoms with van der Waals surface area (Å²) in [6.07, 6.45) is 2.80. The standard InChI is InChI=1S/C14H13N5O2/c1-16-12-8-17-10(7-18-12)14(20)19-13-9(6-15)4-3-5-11(13)21-2/h3-5,7-8H,1-2H3,(H,16,18)(H,19,20). The van der Waals surface area contributed by atoms with E-state index in [2.05, 4.69) is 20.6 Å². The van der Waals surface area contributed by atoms with E-state index in [-0.39, 0.29) is 5.69 Å². The number of nitrogens with zero attached hydrogens (tertiary/aromatic N) is 3. The number of para-hydroxylation sites is 1. The van der Waals surface area contributed by atoms with Crippen LogP contribution in [0.25, 0.3) is 0 Å². The third kappa shape index (κ3) is 3.06. The molecule has 2 N–H and O–H groups in total. The highest BCUT2D eigenvalue weighted by atomic mass is 16.5. The fraction of sp³-hybridized carbons (Fsp3) is 0.143. The van der Waals surface area contributed by atoms with Crippen LogP contribution in [0.3, 0.4) is 0 Å². The van der Waals surface area contributed by atoms with Gasteiger partial charge in [-0.3, -0.25) is 4.79 Å². The van der Waals surface area contributed by atoms with Crippen LogP contribution in [0.4, 0.5) is 11.5 Å². The van der Waals surface area contributed by atoms with Crippen molar-refractivity contribution < 1.29 is 9.53 Å². The molecule has 1 heterocycles. The van der Waals surface area contributed by atoms with Crippen molar-refractivity contribution >= 4 is 17.4 Å². The van der Waals surface area contributed by atoms with Gasteiger partial charge in [0.15, 0.2) is 0 Å². The first-order valence-electron chi connectivity index (χ1n) is 6.08. The molecule has 1 amide bonds. The number of ether oxygens (including phenoxy) is 1. The molecule has 0 aliphatic rings. The van der Waals surface area contributed by atoms with Crippen LogP contribution in [-0.4, -0.2) is 30.0 Å². The van der Waals surface area contributed by atoms with Gasteiger partial charge in [-0.25, -0.2) is 9.97 Å². The number of nitrogens with one attached hydrogen (secondary N) is 2. The van der Waals surface area contributed by atoms with E-state index in [4.69, 9.17) is 10.00 Å². The lowest BCUT2D eigenvalue weighted by atomic mass is 10.1. The number of carbonyl (C=O) groups is 1. The minimum absolute atomic E-state index is 0.142. The highest BCUT2D eigenvalue weighted by Crippen LogP contribution is 2.28. The molecule has 1 aromatic heterocycles. The molecule has 0 unspecified atom stereocenters. The van der Waals surface area contributed by atoms with Crippen LogP contribution in [0.15, 0.2) is 30.6 Å². The van der Waals surface area contributed by atoms with Gasteiger partial charge in [0.2, 0.25) is 0 Å². The summed E-state index contributed by atoms with van der Waals surface area (Å²) in [6, 6.07) is 6.93. The molecule has 7 heteroatoms. The Hall–Kier alpha value is -3.14. The van der Waals surface area contributed by atoms with Crippen molar-refractivity contribution in [2.45, 2.75) is 0 Å². The van der Waals surface area contributed by atoms with Crippen molar-refractivity contribution in [2.24, 2.45) is 0 Å². The molecule has 0 fully saturated rings. The lowest BCUT2D eigenvalue weighted by Gasteiger charge is -2.11. The molecule has 0 spiro atoms. The average Bonchev–Trinajstić information content (AvgIpc) is 2.55. The minimum atomic E-state index is -0.467. The second kappa shape index (κ2) is 6.34. The Balaban J connectivity index is 2.29. The van der Waals surface area contributed by atoms with E-state index in [9.17, 15) is 4.79 Å². The van der Waals surface area contributed by atoms with E-state index >= 15 is 0 Å². The number of hydrogen-bond donors (Lipinski definition) is 2. The largest absolute Gasteiger partial charge is 0.495 e. The van der Waals surface area contributed by atoms with Crippen molar-refractivity contribution in [3.63, 3.8) is 0 Å². The summed E-state index contributed by atoms with van der Waals surface area (Å²) in [4.78, 5) is 20.2. The van der Waals surface area contributed by atoms with E-state index in [1.807, 2.05) is 6.07 Å². The van der Waals surface area contributed by atoms with Crippen molar-refractivity contribution in [2.75, 3.05) is 24.8 Å². The van der Waals surface area contributed by atoms with Gasteiger partial charge in [-0.2, -0.15) is 5.26 Å². The van der Waals surface area contributed by atoms with Gasteiger partial charge < -0.3 is 15.4 Å². The van der Waals surface area contributed by atoms with Crippen LogP contribution >= 0.6 is 0 Å². The molecule has 0 saturated carbocycles. The fourth-order valence-electron chi connectivity index (χ4n) is 1.68. The van der Waals surface area contributed by atoms with Gasteiger partial charge in [0.25, 0.3) is 5.91 Å². The van der Waals surface area contributed by atoms with Crippen molar-refractivity contribution in [3.05, 3.63) is 41.9 Å². The van der Waals surface area contributed by atoms with E-state index < -0.39 is 5.91 Å². The predicted molar refractivity (Wildman–Crippen MR) is 77.2 cm³/mol. The third-order valence-electron chi connectivity index (χ3n) is 2.75. The highest BCUT2D eigenvalue weighted by Gasteiger charge is 2.14. The molecule has 0 radical (unpaired) electrons. The maximum atomic E-state index is 12.2. The Morgan fingerprint density at radius 3 is 2.71 bits per heavy atom. The normalized spacial score (nSPS) is 9.57. The number of aromatic nitrogens is 2. The van der Waals surface area contributed by atoms with Gasteiger partial charge in [0.1, 0.15) is 29.0 Å². The lowest BCUT2D eigenvalue weighted by Crippen LogP contribution is -2.15. The molecule has 0 aliphatic carbocycles. The van der Waals surface area contributed by atoms with Crippen LogP contribution in [0.5, 0.6) is 5.75 Å². The highest BCUT2D eigenvalue weighted by molar-refractivity contribution is 6.04. The number of methoxy groups -OCH3 is 1. The van der Waals surface area contributed by atoms with Crippen LogP contribution < -0.4 is 15.4 Å². The predicted octanol–water partition coefficient (Wildman–Crippen LogP) is 1.65. The number of anilines is 2. The maximum Gasteiger partial charge on any atom is 0.275 e. The SMILES string of the molecule is CNc1cnc(C(=O)Nc2c(C#N)cccc2OC)cn1. The Morgan fingerprint density at radius 2 is 2.14 bits per heavy atom. The number of hydrogen-bond acceptors (Lipinski definition) is 6. The molecule has 2 rings (SSSR count). The summed E-state index contributed by atoms with van der Waals surface area (Å²) < 4.78 is 5.15. The van der Waals surface area contributed by atoms with Crippen LogP contribution in [0, 0.1) is 11.3 Å². The first-order valence-corrected chi connectivity index (χ1v) is 6.08. The topological polar surface area (TPSA) is 99.9 Å². The third-order valence-corrected chi connectivity index (χ3v) is 2.75.